The van der Waals surface area contributed by atoms with E-state index in [1.165, 1.54) is 17.4 Å². The zero-order valence-corrected chi connectivity index (χ0v) is 14.8. The van der Waals surface area contributed by atoms with Crippen LogP contribution in [0, 0.1) is 0 Å². The van der Waals surface area contributed by atoms with E-state index < -0.39 is 11.7 Å². The first-order valence-corrected chi connectivity index (χ1v) is 8.79. The molecule has 4 nitrogen and oxygen atoms in total. The zero-order valence-electron chi connectivity index (χ0n) is 14.0. The fourth-order valence-electron chi connectivity index (χ4n) is 2.26. The number of hydrogen-bond donors (Lipinski definition) is 2. The van der Waals surface area contributed by atoms with E-state index >= 15 is 0 Å². The molecule has 136 valence electrons. The van der Waals surface area contributed by atoms with Crippen molar-refractivity contribution >= 4 is 17.2 Å². The maximum Gasteiger partial charge on any atom is 0.416 e. The molecule has 2 rings (SSSR count). The van der Waals surface area contributed by atoms with Crippen molar-refractivity contribution in [3.05, 3.63) is 40.9 Å². The lowest BCUT2D eigenvalue weighted by atomic mass is 10.1. The third-order valence-corrected chi connectivity index (χ3v) is 4.43. The topological polar surface area (TPSA) is 54.0 Å². The lowest BCUT2D eigenvalue weighted by Gasteiger charge is -2.12. The summed E-state index contributed by atoms with van der Waals surface area (Å²) in [5.74, 6) is -0.161. The van der Waals surface area contributed by atoms with Gasteiger partial charge in [-0.05, 0) is 25.6 Å². The van der Waals surface area contributed by atoms with Gasteiger partial charge in [-0.25, -0.2) is 4.98 Å². The van der Waals surface area contributed by atoms with Gasteiger partial charge < -0.3 is 10.6 Å². The molecular formula is C17H20F3N3OS. The third-order valence-electron chi connectivity index (χ3n) is 3.49. The van der Waals surface area contributed by atoms with Crippen LogP contribution in [0.4, 0.5) is 13.2 Å². The number of nitrogens with zero attached hydrogens (tertiary/aromatic N) is 1. The van der Waals surface area contributed by atoms with Crippen molar-refractivity contribution in [2.75, 3.05) is 13.1 Å². The highest BCUT2D eigenvalue weighted by Gasteiger charge is 2.30. The minimum Gasteiger partial charge on any atom is -0.354 e. The summed E-state index contributed by atoms with van der Waals surface area (Å²) in [5, 5.41) is 8.16. The highest BCUT2D eigenvalue weighted by atomic mass is 32.1. The Morgan fingerprint density at radius 3 is 2.80 bits per heavy atom. The van der Waals surface area contributed by atoms with Gasteiger partial charge in [-0.3, -0.25) is 4.79 Å². The molecular weight excluding hydrogens is 351 g/mol. The lowest BCUT2D eigenvalue weighted by Crippen LogP contribution is -2.39. The fraction of sp³-hybridized carbons (Fsp3) is 0.412. The number of nitrogens with one attached hydrogen (secondary N) is 2. The SMILES string of the molecule is CCN[C@H](C)CNC(=O)Cc1csc(-c2cccc(C(F)(F)F)c2)n1. The molecule has 1 amide bonds. The van der Waals surface area contributed by atoms with E-state index in [0.717, 1.165) is 18.7 Å². The molecule has 8 heteroatoms. The van der Waals surface area contributed by atoms with Crippen LogP contribution in [0.25, 0.3) is 10.6 Å². The smallest absolute Gasteiger partial charge is 0.354 e. The Balaban J connectivity index is 1.99. The van der Waals surface area contributed by atoms with Crippen LogP contribution in [0.15, 0.2) is 29.6 Å². The number of hydrogen-bond acceptors (Lipinski definition) is 4. The predicted octanol–water partition coefficient (Wildman–Crippen LogP) is 3.49. The van der Waals surface area contributed by atoms with Gasteiger partial charge in [-0.15, -0.1) is 11.3 Å². The van der Waals surface area contributed by atoms with Crippen LogP contribution < -0.4 is 10.6 Å². The Labute approximate surface area is 148 Å². The van der Waals surface area contributed by atoms with Crippen molar-refractivity contribution in [3.63, 3.8) is 0 Å². The fourth-order valence-corrected chi connectivity index (χ4v) is 3.08. The molecule has 1 heterocycles. The second-order valence-electron chi connectivity index (χ2n) is 5.66. The summed E-state index contributed by atoms with van der Waals surface area (Å²) in [6.45, 7) is 5.29. The van der Waals surface area contributed by atoms with Gasteiger partial charge >= 0.3 is 6.18 Å². The van der Waals surface area contributed by atoms with E-state index in [-0.39, 0.29) is 18.4 Å². The Bertz CT molecular complexity index is 715. The molecule has 0 bridgehead atoms. The van der Waals surface area contributed by atoms with E-state index in [9.17, 15) is 18.0 Å². The average Bonchev–Trinajstić information content (AvgIpc) is 3.01. The van der Waals surface area contributed by atoms with Crippen molar-refractivity contribution in [1.82, 2.24) is 15.6 Å². The van der Waals surface area contributed by atoms with E-state index in [2.05, 4.69) is 15.6 Å². The normalized spacial score (nSPS) is 12.8. The van der Waals surface area contributed by atoms with E-state index in [4.69, 9.17) is 0 Å². The molecule has 0 aliphatic heterocycles. The maximum absolute atomic E-state index is 12.8. The quantitative estimate of drug-likeness (QED) is 0.783. The van der Waals surface area contributed by atoms with Crippen LogP contribution in [0.2, 0.25) is 0 Å². The number of rotatable bonds is 7. The monoisotopic (exact) mass is 371 g/mol. The number of carbonyl (C=O) groups is 1. The number of thiazole rings is 1. The van der Waals surface area contributed by atoms with Crippen molar-refractivity contribution in [1.29, 1.82) is 0 Å². The Morgan fingerprint density at radius 1 is 1.36 bits per heavy atom. The van der Waals surface area contributed by atoms with E-state index in [1.807, 2.05) is 13.8 Å². The number of aromatic nitrogens is 1. The second-order valence-corrected chi connectivity index (χ2v) is 6.52. The largest absolute Gasteiger partial charge is 0.416 e. The Morgan fingerprint density at radius 2 is 2.12 bits per heavy atom. The predicted molar refractivity (Wildman–Crippen MR) is 92.4 cm³/mol. The van der Waals surface area contributed by atoms with Gasteiger partial charge in [0.05, 0.1) is 17.7 Å². The zero-order chi connectivity index (χ0) is 18.4. The summed E-state index contributed by atoms with van der Waals surface area (Å²) in [5.41, 5.74) is 0.232. The number of halogens is 3. The Hall–Kier alpha value is -1.93. The van der Waals surface area contributed by atoms with Crippen LogP contribution >= 0.6 is 11.3 Å². The Kier molecular flexibility index (Phi) is 6.55. The molecule has 0 aliphatic rings. The van der Waals surface area contributed by atoms with Gasteiger partial charge in [0.15, 0.2) is 0 Å². The van der Waals surface area contributed by atoms with E-state index in [0.29, 0.717) is 22.8 Å². The molecule has 0 saturated carbocycles. The summed E-state index contributed by atoms with van der Waals surface area (Å²) in [6, 6.07) is 5.20. The van der Waals surface area contributed by atoms with Crippen LogP contribution in [0.5, 0.6) is 0 Å². The molecule has 0 radical (unpaired) electrons. The molecule has 1 aromatic heterocycles. The molecule has 0 fully saturated rings. The lowest BCUT2D eigenvalue weighted by molar-refractivity contribution is -0.137. The molecule has 0 aliphatic carbocycles. The van der Waals surface area contributed by atoms with Gasteiger partial charge in [0.1, 0.15) is 5.01 Å². The van der Waals surface area contributed by atoms with Crippen LogP contribution in [-0.4, -0.2) is 30.0 Å². The molecule has 0 saturated heterocycles. The summed E-state index contributed by atoms with van der Waals surface area (Å²) >= 11 is 1.23. The van der Waals surface area contributed by atoms with Gasteiger partial charge in [-0.1, -0.05) is 19.1 Å². The molecule has 1 aromatic carbocycles. The second kappa shape index (κ2) is 8.44. The number of carbonyl (C=O) groups excluding carboxylic acids is 1. The van der Waals surface area contributed by atoms with Crippen LogP contribution in [0.1, 0.15) is 25.1 Å². The first-order chi connectivity index (χ1) is 11.8. The average molecular weight is 371 g/mol. The van der Waals surface area contributed by atoms with E-state index in [1.54, 1.807) is 11.4 Å². The molecule has 25 heavy (non-hydrogen) atoms. The van der Waals surface area contributed by atoms with Gasteiger partial charge in [0.2, 0.25) is 5.91 Å². The number of likely N-dealkylation sites (N-methyl/N-ethyl adjacent to an activating group) is 1. The minimum atomic E-state index is -4.39. The van der Waals surface area contributed by atoms with Crippen molar-refractivity contribution in [2.24, 2.45) is 0 Å². The highest BCUT2D eigenvalue weighted by molar-refractivity contribution is 7.13. The van der Waals surface area contributed by atoms with Crippen LogP contribution in [-0.2, 0) is 17.4 Å². The van der Waals surface area contributed by atoms with Gasteiger partial charge in [0, 0.05) is 23.5 Å². The number of benzene rings is 1. The first kappa shape index (κ1) is 19.4. The first-order valence-electron chi connectivity index (χ1n) is 7.91. The van der Waals surface area contributed by atoms with Gasteiger partial charge in [-0.2, -0.15) is 13.2 Å². The van der Waals surface area contributed by atoms with Crippen LogP contribution in [0.3, 0.4) is 0 Å². The van der Waals surface area contributed by atoms with Crippen molar-refractivity contribution in [3.8, 4) is 10.6 Å². The number of amides is 1. The standard InChI is InChI=1S/C17H20F3N3OS/c1-3-21-11(2)9-22-15(24)8-14-10-25-16(23-14)12-5-4-6-13(7-12)17(18,19)20/h4-7,10-11,21H,3,8-9H2,1-2H3,(H,22,24)/t11-/m1/s1. The van der Waals surface area contributed by atoms with Gasteiger partial charge in [0.25, 0.3) is 0 Å². The summed E-state index contributed by atoms with van der Waals surface area (Å²) in [6.07, 6.45) is -4.28. The maximum atomic E-state index is 12.8. The highest BCUT2D eigenvalue weighted by Crippen LogP contribution is 2.33. The molecule has 2 N–H and O–H groups in total. The minimum absolute atomic E-state index is 0.105. The third kappa shape index (κ3) is 5.82. The molecule has 2 aromatic rings. The molecule has 1 atom stereocenters. The summed E-state index contributed by atoms with van der Waals surface area (Å²) in [7, 11) is 0. The summed E-state index contributed by atoms with van der Waals surface area (Å²) < 4.78 is 38.4. The molecule has 0 unspecified atom stereocenters. The summed E-state index contributed by atoms with van der Waals surface area (Å²) in [4.78, 5) is 16.2. The van der Waals surface area contributed by atoms with Crippen molar-refractivity contribution < 1.29 is 18.0 Å². The van der Waals surface area contributed by atoms with Crippen molar-refractivity contribution in [2.45, 2.75) is 32.5 Å². The molecule has 0 spiro atoms. The number of alkyl halides is 3.